The maximum atomic E-state index is 12.0. The summed E-state index contributed by atoms with van der Waals surface area (Å²) in [6.07, 6.45) is 0. The van der Waals surface area contributed by atoms with Crippen LogP contribution in [0, 0.1) is 0 Å². The monoisotopic (exact) mass is 496 g/mol. The van der Waals surface area contributed by atoms with Gasteiger partial charge in [-0.3, -0.25) is 5.21 Å². The lowest BCUT2D eigenvalue weighted by atomic mass is 10.1. The van der Waals surface area contributed by atoms with E-state index >= 15 is 0 Å². The smallest absolute Gasteiger partial charge is 0.345 e. The molecule has 0 saturated carbocycles. The van der Waals surface area contributed by atoms with Gasteiger partial charge in [0, 0.05) is 18.1 Å². The zero-order valence-corrected chi connectivity index (χ0v) is 21.0. The molecular weight excluding hydrogens is 468 g/mol. The Labute approximate surface area is 201 Å². The second-order valence-electron chi connectivity index (χ2n) is 7.01. The average molecular weight is 497 g/mol. The van der Waals surface area contributed by atoms with Crippen molar-refractivity contribution in [3.63, 3.8) is 0 Å². The molecule has 9 nitrogen and oxygen atoms in total. The van der Waals surface area contributed by atoms with E-state index in [0.29, 0.717) is 39.5 Å². The molecule has 2 aromatic rings. The quantitative estimate of drug-likeness (QED) is 0.394. The van der Waals surface area contributed by atoms with Gasteiger partial charge in [-0.2, -0.15) is 0 Å². The molecule has 1 aliphatic rings. The molecule has 2 N–H and O–H groups in total. The fourth-order valence-corrected chi connectivity index (χ4v) is 6.71. The highest BCUT2D eigenvalue weighted by Crippen LogP contribution is 2.58. The van der Waals surface area contributed by atoms with Crippen LogP contribution in [0.5, 0.6) is 28.7 Å². The largest absolute Gasteiger partial charge is 0.493 e. The van der Waals surface area contributed by atoms with Crippen molar-refractivity contribution in [3.8, 4) is 28.7 Å². The van der Waals surface area contributed by atoms with Gasteiger partial charge in [0.2, 0.25) is 5.75 Å². The standard InChI is InChI=1S/C22H28N2O7S2/c1-24(26)22(25)23-14-7-12(8-15(27-2)19(14)30-5)18-11-32-21(33-18)13-9-16(28-3)20(31-6)17(10-13)29-4/h7-10,18,21,26H,11H2,1-6H3,(H,23,25). The summed E-state index contributed by atoms with van der Waals surface area (Å²) in [4.78, 5) is 12.0. The number of hydroxylamine groups is 2. The SMILES string of the molecule is COc1cc(C2CSC(c3cc(OC)c(OC)c(OC)c3)S2)cc(NC(=O)N(C)O)c1OC. The number of benzene rings is 2. The Morgan fingerprint density at radius 1 is 0.909 bits per heavy atom. The molecule has 3 rings (SSSR count). The zero-order chi connectivity index (χ0) is 24.1. The number of carbonyl (C=O) groups is 1. The van der Waals surface area contributed by atoms with Crippen LogP contribution >= 0.6 is 23.5 Å². The second-order valence-corrected chi connectivity index (χ2v) is 9.76. The summed E-state index contributed by atoms with van der Waals surface area (Å²) in [5.74, 6) is 3.50. The lowest BCUT2D eigenvalue weighted by Crippen LogP contribution is -2.28. The van der Waals surface area contributed by atoms with E-state index in [4.69, 9.17) is 23.7 Å². The third-order valence-corrected chi connectivity index (χ3v) is 8.39. The molecule has 1 fully saturated rings. The van der Waals surface area contributed by atoms with E-state index in [0.717, 1.165) is 16.9 Å². The summed E-state index contributed by atoms with van der Waals surface area (Å²) in [5.41, 5.74) is 2.44. The fraction of sp³-hybridized carbons (Fsp3) is 0.409. The lowest BCUT2D eigenvalue weighted by molar-refractivity contribution is -0.0118. The van der Waals surface area contributed by atoms with Crippen molar-refractivity contribution in [2.75, 3.05) is 53.7 Å². The van der Waals surface area contributed by atoms with E-state index in [9.17, 15) is 10.0 Å². The number of thioether (sulfide) groups is 2. The highest BCUT2D eigenvalue weighted by atomic mass is 32.2. The third-order valence-electron chi connectivity index (χ3n) is 5.05. The lowest BCUT2D eigenvalue weighted by Gasteiger charge is -2.19. The topological polar surface area (TPSA) is 98.7 Å². The van der Waals surface area contributed by atoms with Gasteiger partial charge in [-0.1, -0.05) is 0 Å². The van der Waals surface area contributed by atoms with Crippen molar-refractivity contribution in [3.05, 3.63) is 35.4 Å². The molecule has 2 amide bonds. The number of carbonyl (C=O) groups excluding carboxylic acids is 1. The first-order valence-corrected chi connectivity index (χ1v) is 11.9. The summed E-state index contributed by atoms with van der Waals surface area (Å²) < 4.78 is 27.5. The van der Waals surface area contributed by atoms with Crippen molar-refractivity contribution in [1.82, 2.24) is 5.06 Å². The molecule has 0 aliphatic carbocycles. The first-order chi connectivity index (χ1) is 15.9. The Bertz CT molecular complexity index is 978. The average Bonchev–Trinajstić information content (AvgIpc) is 3.32. The van der Waals surface area contributed by atoms with E-state index in [-0.39, 0.29) is 9.83 Å². The van der Waals surface area contributed by atoms with Crippen molar-refractivity contribution >= 4 is 35.2 Å². The van der Waals surface area contributed by atoms with Crippen molar-refractivity contribution in [1.29, 1.82) is 0 Å². The van der Waals surface area contributed by atoms with Crippen molar-refractivity contribution in [2.24, 2.45) is 0 Å². The van der Waals surface area contributed by atoms with Gasteiger partial charge in [0.1, 0.15) is 0 Å². The fourth-order valence-electron chi connectivity index (χ4n) is 3.45. The molecule has 33 heavy (non-hydrogen) atoms. The minimum Gasteiger partial charge on any atom is -0.493 e. The molecule has 1 saturated heterocycles. The number of amides is 2. The predicted molar refractivity (Wildman–Crippen MR) is 130 cm³/mol. The van der Waals surface area contributed by atoms with Crippen LogP contribution in [0.1, 0.15) is 21.0 Å². The highest BCUT2D eigenvalue weighted by molar-refractivity contribution is 8.19. The van der Waals surface area contributed by atoms with E-state index in [2.05, 4.69) is 5.32 Å². The summed E-state index contributed by atoms with van der Waals surface area (Å²) in [7, 11) is 9.06. The number of nitrogens with one attached hydrogen (secondary N) is 1. The van der Waals surface area contributed by atoms with Crippen LogP contribution in [-0.2, 0) is 0 Å². The van der Waals surface area contributed by atoms with Gasteiger partial charge >= 0.3 is 6.03 Å². The number of nitrogens with zero attached hydrogens (tertiary/aromatic N) is 1. The molecule has 1 heterocycles. The van der Waals surface area contributed by atoms with Crippen LogP contribution < -0.4 is 29.0 Å². The minimum absolute atomic E-state index is 0.126. The summed E-state index contributed by atoms with van der Waals surface area (Å²) in [5, 5.41) is 12.7. The van der Waals surface area contributed by atoms with Crippen LogP contribution in [0.2, 0.25) is 0 Å². The molecule has 0 aromatic heterocycles. The molecule has 2 atom stereocenters. The van der Waals surface area contributed by atoms with Crippen molar-refractivity contribution in [2.45, 2.75) is 9.83 Å². The Hall–Kier alpha value is -2.63. The maximum Gasteiger partial charge on any atom is 0.345 e. The molecule has 0 spiro atoms. The van der Waals surface area contributed by atoms with Crippen LogP contribution in [0.4, 0.5) is 10.5 Å². The molecule has 0 radical (unpaired) electrons. The van der Waals surface area contributed by atoms with Crippen LogP contribution in [0.15, 0.2) is 24.3 Å². The van der Waals surface area contributed by atoms with Gasteiger partial charge in [0.05, 0.1) is 45.8 Å². The van der Waals surface area contributed by atoms with E-state index in [1.54, 1.807) is 52.0 Å². The Morgan fingerprint density at radius 3 is 1.97 bits per heavy atom. The van der Waals surface area contributed by atoms with Crippen LogP contribution in [0.3, 0.4) is 0 Å². The number of anilines is 1. The number of hydrogen-bond acceptors (Lipinski definition) is 9. The van der Waals surface area contributed by atoms with Gasteiger partial charge in [0.15, 0.2) is 23.0 Å². The molecule has 2 aromatic carbocycles. The number of rotatable bonds is 8. The third kappa shape index (κ3) is 5.31. The van der Waals surface area contributed by atoms with E-state index in [1.807, 2.05) is 24.3 Å². The summed E-state index contributed by atoms with van der Waals surface area (Å²) >= 11 is 3.58. The van der Waals surface area contributed by atoms with Crippen LogP contribution in [-0.4, -0.2) is 64.7 Å². The van der Waals surface area contributed by atoms with E-state index in [1.165, 1.54) is 14.2 Å². The summed E-state index contributed by atoms with van der Waals surface area (Å²) in [6, 6.07) is 7.00. The maximum absolute atomic E-state index is 12.0. The molecule has 180 valence electrons. The second kappa shape index (κ2) is 11.0. The molecule has 0 bridgehead atoms. The molecule has 11 heteroatoms. The van der Waals surface area contributed by atoms with Gasteiger partial charge in [-0.05, 0) is 35.4 Å². The highest BCUT2D eigenvalue weighted by Gasteiger charge is 2.31. The summed E-state index contributed by atoms with van der Waals surface area (Å²) in [6.45, 7) is 0. The van der Waals surface area contributed by atoms with Crippen molar-refractivity contribution < 1.29 is 33.7 Å². The van der Waals surface area contributed by atoms with Gasteiger partial charge in [-0.15, -0.1) is 23.5 Å². The number of urea groups is 1. The Kier molecular flexibility index (Phi) is 8.33. The molecular formula is C22H28N2O7S2. The van der Waals surface area contributed by atoms with Gasteiger partial charge in [0.25, 0.3) is 0 Å². The normalized spacial score (nSPS) is 17.3. The van der Waals surface area contributed by atoms with Gasteiger partial charge < -0.3 is 29.0 Å². The van der Waals surface area contributed by atoms with E-state index < -0.39 is 6.03 Å². The predicted octanol–water partition coefficient (Wildman–Crippen LogP) is 4.80. The Balaban J connectivity index is 1.91. The first kappa shape index (κ1) is 25.0. The number of methoxy groups -OCH3 is 5. The number of ether oxygens (including phenoxy) is 5. The van der Waals surface area contributed by atoms with Gasteiger partial charge in [-0.25, -0.2) is 9.86 Å². The Morgan fingerprint density at radius 2 is 1.45 bits per heavy atom. The number of hydrogen-bond donors (Lipinski definition) is 2. The first-order valence-electron chi connectivity index (χ1n) is 9.93. The van der Waals surface area contributed by atoms with Crippen LogP contribution in [0.25, 0.3) is 0 Å². The molecule has 1 aliphatic heterocycles. The zero-order valence-electron chi connectivity index (χ0n) is 19.3. The minimum atomic E-state index is -0.684. The molecule has 2 unspecified atom stereocenters.